The van der Waals surface area contributed by atoms with E-state index in [1.807, 2.05) is 6.79 Å². The fraction of sp³-hybridized carbons (Fsp3) is 0.560. The maximum absolute atomic E-state index is 12.0. The summed E-state index contributed by atoms with van der Waals surface area (Å²) in [6.45, 7) is 6.38. The number of aryl methyl sites for hydroxylation is 1. The average molecular weight is 553 g/mol. The third-order valence-electron chi connectivity index (χ3n) is 5.52. The first-order chi connectivity index (χ1) is 17.3. The minimum absolute atomic E-state index is 0.0207. The van der Waals surface area contributed by atoms with Crippen LogP contribution in [0.1, 0.15) is 51.2 Å². The highest BCUT2D eigenvalue weighted by atomic mass is 20.0. The smallest absolute Gasteiger partial charge is 0.422 e. The molecule has 0 spiro atoms. The zero-order chi connectivity index (χ0) is 30.0. The fourth-order valence-electron chi connectivity index (χ4n) is 3.74. The predicted octanol–water partition coefficient (Wildman–Crippen LogP) is 8.01. The molecule has 0 aliphatic heterocycles. The van der Waals surface area contributed by atoms with Crippen molar-refractivity contribution in [2.45, 2.75) is 76.3 Å². The van der Waals surface area contributed by atoms with E-state index in [4.69, 9.17) is 23.4 Å². The number of terminal acetylenes is 1. The number of methoxy groups -OCH3 is 2. The van der Waals surface area contributed by atoms with Crippen LogP contribution in [0, 0.1) is 12.8 Å². The van der Waals surface area contributed by atoms with Gasteiger partial charge in [0.25, 0.3) is 5.92 Å². The van der Waals surface area contributed by atoms with Crippen LogP contribution >= 0.6 is 0 Å². The van der Waals surface area contributed by atoms with Crippen LogP contribution in [0.2, 0.25) is 0 Å². The lowest BCUT2D eigenvalue weighted by Gasteiger charge is -2.34. The van der Waals surface area contributed by atoms with Crippen LogP contribution in [0.4, 0.5) is 39.9 Å². The Morgan fingerprint density at radius 1 is 0.973 bits per heavy atom. The molecule has 37 heavy (non-hydrogen) atoms. The van der Waals surface area contributed by atoms with Crippen molar-refractivity contribution >= 4 is 6.79 Å². The van der Waals surface area contributed by atoms with Crippen molar-refractivity contribution in [2.75, 3.05) is 14.2 Å². The number of hydrogen-bond donors (Lipinski definition) is 0. The van der Waals surface area contributed by atoms with Gasteiger partial charge in [0.15, 0.2) is 0 Å². The van der Waals surface area contributed by atoms with Gasteiger partial charge in [-0.15, -0.1) is 12.8 Å². The van der Waals surface area contributed by atoms with Gasteiger partial charge in [0.2, 0.25) is 12.3 Å². The number of rotatable bonds is 6. The summed E-state index contributed by atoms with van der Waals surface area (Å²) in [5, 5.41) is 0. The largest absolute Gasteiger partial charge is 0.500 e. The Hall–Kier alpha value is -2.84. The van der Waals surface area contributed by atoms with E-state index in [1.54, 1.807) is 14.2 Å². The summed E-state index contributed by atoms with van der Waals surface area (Å²) in [6.07, 6.45) is 0.894. The highest BCUT2D eigenvalue weighted by Crippen LogP contribution is 2.44. The second kappa shape index (κ2) is 18.4. The summed E-state index contributed by atoms with van der Waals surface area (Å²) in [4.78, 5) is 8.00. The molecule has 2 atom stereocenters. The Morgan fingerprint density at radius 2 is 1.46 bits per heavy atom. The van der Waals surface area contributed by atoms with Gasteiger partial charge in [-0.1, -0.05) is 19.9 Å². The fourth-order valence-corrected chi connectivity index (χ4v) is 3.74. The lowest BCUT2D eigenvalue weighted by Crippen LogP contribution is -2.43. The van der Waals surface area contributed by atoms with E-state index in [9.17, 15) is 30.7 Å². The lowest BCUT2D eigenvalue weighted by atomic mass is 9.73. The molecule has 2 unspecified atom stereocenters. The molecule has 12 heteroatoms. The first-order valence-corrected chi connectivity index (χ1v) is 10.7. The Balaban J connectivity index is -0.000000557. The lowest BCUT2D eigenvalue weighted by molar-refractivity contribution is -0.222. The molecule has 0 aromatic heterocycles. The number of allylic oxidation sites excluding steroid dienone is 2. The molecule has 1 aliphatic carbocycles. The van der Waals surface area contributed by atoms with Gasteiger partial charge in [-0.05, 0) is 55.0 Å². The molecule has 1 aromatic carbocycles. The molecule has 0 bridgehead atoms. The number of carbonyl (C=O) groups excluding carboxylic acids is 1. The van der Waals surface area contributed by atoms with Gasteiger partial charge in [-0.3, -0.25) is 0 Å². The summed E-state index contributed by atoms with van der Waals surface area (Å²) in [6, 6.07) is 6.47. The Morgan fingerprint density at radius 3 is 1.78 bits per heavy atom. The quantitative estimate of drug-likeness (QED) is 0.265. The normalized spacial score (nSPS) is 15.3. The average Bonchev–Trinajstić information content (AvgIpc) is 3.06. The summed E-state index contributed by atoms with van der Waals surface area (Å²) >= 11 is 0. The van der Waals surface area contributed by atoms with Crippen LogP contribution in [0.25, 0.3) is 0 Å². The zero-order valence-electron chi connectivity index (χ0n) is 21.3. The minimum atomic E-state index is -5.58. The molecule has 0 amide bonds. The zero-order valence-corrected chi connectivity index (χ0v) is 21.3. The minimum Gasteiger partial charge on any atom is -0.500 e. The first kappa shape index (κ1) is 38.7. The van der Waals surface area contributed by atoms with Crippen molar-refractivity contribution < 1.29 is 54.1 Å². The molecule has 1 aliphatic rings. The van der Waals surface area contributed by atoms with Crippen molar-refractivity contribution in [3.63, 3.8) is 0 Å². The Bertz CT molecular complexity index is 781. The molecule has 214 valence electrons. The third-order valence-corrected chi connectivity index (χ3v) is 5.52. The van der Waals surface area contributed by atoms with E-state index in [1.165, 1.54) is 11.1 Å². The molecule has 0 fully saturated rings. The highest BCUT2D eigenvalue weighted by Gasteiger charge is 2.54. The number of alkyl halides is 7. The first-order valence-electron chi connectivity index (χ1n) is 10.7. The van der Waals surface area contributed by atoms with Gasteiger partial charge in [0.1, 0.15) is 18.3 Å². The van der Waals surface area contributed by atoms with E-state index < -0.39 is 24.4 Å². The number of carbonyl (C=O) groups is 1. The van der Waals surface area contributed by atoms with E-state index >= 15 is 0 Å². The summed E-state index contributed by atoms with van der Waals surface area (Å²) in [5.41, 5.74) is 2.82. The maximum atomic E-state index is 12.0. The standard InChI is InChI=1S/C17H24O2.C5H5F7.C2H2.CH2O.F2/c1-5-17(6-2)15-11-10-14(18-3)12-13(15)8-7-9-16(17)19-4;1-4(8,9)2(6)3(7)5(10,11)12;3*1-2/h9-12H,5-8H2,1-4H3;2-3H,1H3;1-2H;1H2;. The topological polar surface area (TPSA) is 35.5 Å². The van der Waals surface area contributed by atoms with Gasteiger partial charge in [0, 0.05) is 16.1 Å². The third kappa shape index (κ3) is 11.0. The number of benzene rings is 1. The van der Waals surface area contributed by atoms with Crippen LogP contribution in [-0.4, -0.2) is 45.5 Å². The second-order valence-corrected chi connectivity index (χ2v) is 7.42. The molecular weight excluding hydrogens is 519 g/mol. The van der Waals surface area contributed by atoms with Crippen molar-refractivity contribution in [3.05, 3.63) is 41.2 Å². The Kier molecular flexibility index (Phi) is 19.3. The van der Waals surface area contributed by atoms with E-state index in [0.717, 1.165) is 37.2 Å². The molecule has 0 saturated heterocycles. The van der Waals surface area contributed by atoms with Crippen LogP contribution in [-0.2, 0) is 21.4 Å². The van der Waals surface area contributed by atoms with Gasteiger partial charge < -0.3 is 14.3 Å². The van der Waals surface area contributed by atoms with Crippen LogP contribution in [0.15, 0.2) is 30.0 Å². The molecule has 0 saturated carbocycles. The Labute approximate surface area is 211 Å². The highest BCUT2D eigenvalue weighted by molar-refractivity contribution is 5.46. The van der Waals surface area contributed by atoms with Crippen molar-refractivity contribution in [1.82, 2.24) is 0 Å². The van der Waals surface area contributed by atoms with Crippen LogP contribution in [0.3, 0.4) is 0 Å². The van der Waals surface area contributed by atoms with Gasteiger partial charge in [-0.25, -0.2) is 17.6 Å². The molecular formula is C25H33F9O3. The summed E-state index contributed by atoms with van der Waals surface area (Å²) in [7, 11) is 3.52. The van der Waals surface area contributed by atoms with Gasteiger partial charge in [0.05, 0.1) is 19.6 Å². The van der Waals surface area contributed by atoms with Crippen molar-refractivity contribution in [2.24, 2.45) is 0 Å². The van der Waals surface area contributed by atoms with Crippen molar-refractivity contribution in [3.8, 4) is 18.6 Å². The molecule has 3 nitrogen and oxygen atoms in total. The second-order valence-electron chi connectivity index (χ2n) is 7.42. The van der Waals surface area contributed by atoms with Crippen LogP contribution in [0.5, 0.6) is 5.75 Å². The molecule has 0 heterocycles. The monoisotopic (exact) mass is 552 g/mol. The number of ether oxygens (including phenoxy) is 2. The SMILES string of the molecule is C#C.C=O.CC(F)(F)C(F)C(F)C(F)(F)F.CCC1(CC)C(OC)=CCCc2cc(OC)ccc21.FF. The number of halogens is 9. The van der Waals surface area contributed by atoms with Gasteiger partial charge >= 0.3 is 6.18 Å². The van der Waals surface area contributed by atoms with Crippen molar-refractivity contribution in [1.29, 1.82) is 0 Å². The van der Waals surface area contributed by atoms with Crippen LogP contribution < -0.4 is 4.74 Å². The number of hydrogen-bond acceptors (Lipinski definition) is 3. The molecule has 1 aromatic rings. The molecule has 2 rings (SSSR count). The van der Waals surface area contributed by atoms with E-state index in [0.29, 0.717) is 0 Å². The number of fused-ring (bicyclic) bond motifs is 1. The van der Waals surface area contributed by atoms with Gasteiger partial charge in [-0.2, -0.15) is 13.2 Å². The van der Waals surface area contributed by atoms with E-state index in [2.05, 4.69) is 51.0 Å². The molecule has 0 radical (unpaired) electrons. The summed E-state index contributed by atoms with van der Waals surface area (Å²) < 4.78 is 108. The van der Waals surface area contributed by atoms with E-state index in [-0.39, 0.29) is 12.3 Å². The predicted molar refractivity (Wildman–Crippen MR) is 124 cm³/mol. The molecule has 0 N–H and O–H groups in total. The maximum Gasteiger partial charge on any atom is 0.422 e. The summed E-state index contributed by atoms with van der Waals surface area (Å²) in [5.74, 6) is -2.25.